The number of carbonyl (C=O) groups is 1. The van der Waals surface area contributed by atoms with Crippen LogP contribution in [0.15, 0.2) is 75.2 Å². The number of aryl methyl sites for hydroxylation is 1. The topological polar surface area (TPSA) is 89.2 Å². The van der Waals surface area contributed by atoms with Crippen molar-refractivity contribution in [3.63, 3.8) is 0 Å². The third-order valence-corrected chi connectivity index (χ3v) is 7.23. The van der Waals surface area contributed by atoms with Crippen molar-refractivity contribution in [2.45, 2.75) is 24.5 Å². The lowest BCUT2D eigenvalue weighted by Gasteiger charge is -2.22. The van der Waals surface area contributed by atoms with Crippen LogP contribution in [-0.2, 0) is 4.79 Å². The maximum Gasteiger partial charge on any atom is 0.355 e. The number of hydrogen-bond donors (Lipinski definition) is 0. The van der Waals surface area contributed by atoms with E-state index >= 15 is 0 Å². The average Bonchev–Trinajstić information content (AvgIpc) is 3.53. The van der Waals surface area contributed by atoms with E-state index in [1.165, 1.54) is 4.40 Å². The molecule has 0 unspecified atom stereocenters. The molecule has 10 heteroatoms. The molecule has 1 aliphatic rings. The summed E-state index contributed by atoms with van der Waals surface area (Å²) in [5.74, 6) is 0.643. The van der Waals surface area contributed by atoms with Gasteiger partial charge in [0.2, 0.25) is 0 Å². The molecule has 0 spiro atoms. The molecule has 0 saturated heterocycles. The average molecular weight is 492 g/mol. The molecule has 5 rings (SSSR count). The van der Waals surface area contributed by atoms with Gasteiger partial charge in [0.05, 0.1) is 29.5 Å². The van der Waals surface area contributed by atoms with Gasteiger partial charge in [0.15, 0.2) is 5.16 Å². The minimum Gasteiger partial charge on any atom is -0.497 e. The molecule has 1 aromatic carbocycles. The first-order chi connectivity index (χ1) is 16.5. The number of nitrogens with zero attached hydrogens (tertiary/aromatic N) is 5. The fourth-order valence-electron chi connectivity index (χ4n) is 3.78. The number of fused-ring (bicyclic) bond motifs is 1. The van der Waals surface area contributed by atoms with Gasteiger partial charge in [-0.25, -0.2) is 14.8 Å². The Labute approximate surface area is 203 Å². The highest BCUT2D eigenvalue weighted by Gasteiger charge is 2.33. The molecule has 1 amide bonds. The van der Waals surface area contributed by atoms with E-state index in [0.29, 0.717) is 12.1 Å². The predicted molar refractivity (Wildman–Crippen MR) is 133 cm³/mol. The number of hydrogen-bond acceptors (Lipinski definition) is 8. The Balaban J connectivity index is 1.38. The zero-order chi connectivity index (χ0) is 23.7. The summed E-state index contributed by atoms with van der Waals surface area (Å²) in [5, 5.41) is 8.49. The second kappa shape index (κ2) is 9.40. The van der Waals surface area contributed by atoms with Crippen molar-refractivity contribution in [2.75, 3.05) is 12.9 Å². The molecule has 1 atom stereocenters. The number of carbonyl (C=O) groups excluding carboxylic acids is 1. The predicted octanol–water partition coefficient (Wildman–Crippen LogP) is 3.94. The minimum atomic E-state index is -0.418. The molecule has 34 heavy (non-hydrogen) atoms. The monoisotopic (exact) mass is 491 g/mol. The summed E-state index contributed by atoms with van der Waals surface area (Å²) in [6.07, 6.45) is 2.32. The number of rotatable bonds is 6. The largest absolute Gasteiger partial charge is 0.497 e. The SMILES string of the molecule is COc1ccc([C@@H]2CC(c3cccs3)=NN2C(=O)CSc2nc(=O)n3cc(C)ccc3n2)cc1. The van der Waals surface area contributed by atoms with Gasteiger partial charge in [0.25, 0.3) is 5.91 Å². The summed E-state index contributed by atoms with van der Waals surface area (Å²) in [6.45, 7) is 1.90. The van der Waals surface area contributed by atoms with Crippen LogP contribution in [0.25, 0.3) is 5.65 Å². The molecule has 4 aromatic rings. The Kier molecular flexibility index (Phi) is 6.16. The maximum absolute atomic E-state index is 13.3. The standard InChI is InChI=1S/C24H21N5O3S2/c1-15-5-10-21-25-23(26-24(31)28(21)13-15)34-14-22(30)29-19(16-6-8-17(32-2)9-7-16)12-18(27-29)20-4-3-11-33-20/h3-11,13,19H,12,14H2,1-2H3/t19-/m0/s1. The van der Waals surface area contributed by atoms with Crippen LogP contribution in [0.4, 0.5) is 0 Å². The smallest absolute Gasteiger partial charge is 0.355 e. The van der Waals surface area contributed by atoms with Gasteiger partial charge in [-0.15, -0.1) is 11.3 Å². The highest BCUT2D eigenvalue weighted by atomic mass is 32.2. The Hall–Kier alpha value is -3.50. The van der Waals surface area contributed by atoms with E-state index in [2.05, 4.69) is 15.1 Å². The molecule has 0 saturated carbocycles. The van der Waals surface area contributed by atoms with Crippen LogP contribution < -0.4 is 10.4 Å². The van der Waals surface area contributed by atoms with E-state index < -0.39 is 5.69 Å². The van der Waals surface area contributed by atoms with Gasteiger partial charge in [-0.05, 0) is 47.7 Å². The first-order valence-electron chi connectivity index (χ1n) is 10.6. The highest BCUT2D eigenvalue weighted by Crippen LogP contribution is 2.35. The van der Waals surface area contributed by atoms with Gasteiger partial charge in [-0.1, -0.05) is 36.0 Å². The van der Waals surface area contributed by atoms with E-state index in [1.54, 1.807) is 35.7 Å². The first-order valence-corrected chi connectivity index (χ1v) is 12.5. The Bertz CT molecular complexity index is 1430. The Morgan fingerprint density at radius 1 is 1.18 bits per heavy atom. The normalized spacial score (nSPS) is 15.5. The van der Waals surface area contributed by atoms with Crippen molar-refractivity contribution >= 4 is 40.4 Å². The summed E-state index contributed by atoms with van der Waals surface area (Å²) < 4.78 is 6.67. The number of pyridine rings is 1. The molecule has 0 fully saturated rings. The van der Waals surface area contributed by atoms with E-state index in [0.717, 1.165) is 39.2 Å². The molecular formula is C24H21N5O3S2. The first kappa shape index (κ1) is 22.3. The zero-order valence-corrected chi connectivity index (χ0v) is 20.2. The molecule has 0 bridgehead atoms. The Morgan fingerprint density at radius 3 is 2.74 bits per heavy atom. The van der Waals surface area contributed by atoms with Crippen molar-refractivity contribution in [2.24, 2.45) is 5.10 Å². The molecule has 0 N–H and O–H groups in total. The number of hydrazone groups is 1. The Morgan fingerprint density at radius 2 is 2.00 bits per heavy atom. The van der Waals surface area contributed by atoms with Gasteiger partial charge in [0.1, 0.15) is 11.4 Å². The summed E-state index contributed by atoms with van der Waals surface area (Å²) in [6, 6.07) is 15.1. The second-order valence-electron chi connectivity index (χ2n) is 7.77. The third kappa shape index (κ3) is 4.46. The van der Waals surface area contributed by atoms with Crippen molar-refractivity contribution < 1.29 is 9.53 Å². The van der Waals surface area contributed by atoms with Crippen LogP contribution in [0.1, 0.15) is 28.5 Å². The molecule has 3 aromatic heterocycles. The fraction of sp³-hybridized carbons (Fsp3) is 0.208. The lowest BCUT2D eigenvalue weighted by atomic mass is 10.0. The summed E-state index contributed by atoms with van der Waals surface area (Å²) >= 11 is 2.74. The second-order valence-corrected chi connectivity index (χ2v) is 9.66. The van der Waals surface area contributed by atoms with Gasteiger partial charge >= 0.3 is 5.69 Å². The molecule has 0 radical (unpaired) electrons. The van der Waals surface area contributed by atoms with Crippen LogP contribution in [0, 0.1) is 6.92 Å². The molecule has 1 aliphatic heterocycles. The lowest BCUT2D eigenvalue weighted by Crippen LogP contribution is -2.29. The molecule has 4 heterocycles. The van der Waals surface area contributed by atoms with Gasteiger partial charge in [-0.3, -0.25) is 9.20 Å². The molecule has 8 nitrogen and oxygen atoms in total. The summed E-state index contributed by atoms with van der Waals surface area (Å²) in [4.78, 5) is 35.2. The fourth-order valence-corrected chi connectivity index (χ4v) is 5.18. The third-order valence-electron chi connectivity index (χ3n) is 5.48. The molecular weight excluding hydrogens is 470 g/mol. The maximum atomic E-state index is 13.3. The lowest BCUT2D eigenvalue weighted by molar-refractivity contribution is -0.130. The number of thiophene rings is 1. The number of thioether (sulfide) groups is 1. The van der Waals surface area contributed by atoms with E-state index in [-0.39, 0.29) is 22.9 Å². The van der Waals surface area contributed by atoms with Crippen LogP contribution >= 0.6 is 23.1 Å². The molecule has 172 valence electrons. The van der Waals surface area contributed by atoms with Crippen LogP contribution in [-0.4, -0.2) is 43.9 Å². The van der Waals surface area contributed by atoms with Crippen molar-refractivity contribution in [3.05, 3.63) is 86.6 Å². The van der Waals surface area contributed by atoms with Gasteiger partial charge < -0.3 is 4.74 Å². The quantitative estimate of drug-likeness (QED) is 0.380. The van der Waals surface area contributed by atoms with E-state index in [4.69, 9.17) is 4.74 Å². The van der Waals surface area contributed by atoms with Crippen molar-refractivity contribution in [3.8, 4) is 5.75 Å². The number of aromatic nitrogens is 3. The number of benzene rings is 1. The van der Waals surface area contributed by atoms with Crippen LogP contribution in [0.3, 0.4) is 0 Å². The van der Waals surface area contributed by atoms with E-state index in [1.807, 2.05) is 54.8 Å². The van der Waals surface area contributed by atoms with E-state index in [9.17, 15) is 9.59 Å². The molecule has 0 aliphatic carbocycles. The van der Waals surface area contributed by atoms with Crippen LogP contribution in [0.2, 0.25) is 0 Å². The van der Waals surface area contributed by atoms with Crippen molar-refractivity contribution in [1.82, 2.24) is 19.4 Å². The van der Waals surface area contributed by atoms with Crippen LogP contribution in [0.5, 0.6) is 5.75 Å². The van der Waals surface area contributed by atoms with Gasteiger partial charge in [-0.2, -0.15) is 10.1 Å². The highest BCUT2D eigenvalue weighted by molar-refractivity contribution is 7.99. The summed E-state index contributed by atoms with van der Waals surface area (Å²) in [7, 11) is 1.62. The zero-order valence-electron chi connectivity index (χ0n) is 18.5. The number of methoxy groups -OCH3 is 1. The summed E-state index contributed by atoms with van der Waals surface area (Å²) in [5.41, 5.74) is 2.87. The van der Waals surface area contributed by atoms with Gasteiger partial charge in [0, 0.05) is 12.6 Å². The minimum absolute atomic E-state index is 0.0648. The van der Waals surface area contributed by atoms with Crippen molar-refractivity contribution in [1.29, 1.82) is 0 Å². The number of ether oxygens (including phenoxy) is 1. The number of amides is 1.